The number of phosphoric ester groups is 1. The van der Waals surface area contributed by atoms with Gasteiger partial charge in [0, 0.05) is 12.8 Å². The number of carbonyl (C=O) groups excluding carboxylic acids is 2. The van der Waals surface area contributed by atoms with Crippen molar-refractivity contribution in [2.75, 3.05) is 47.5 Å². The SMILES string of the molecule is CC/C=C\C/C=C\C/C=C\C/C=C\C/C=C\C/C=C\C/C=C\C/C=C\C/C=C\C/C=C\CCCCC(=O)OC(COC(=O)CCCC/C=C\C/C=C\C/C=C\C/C=C\C/C=C\C/C=C\C/C=C\C/C=C\CC)COP(=O)(O)OCC[N+](C)(C)C. The van der Waals surface area contributed by atoms with E-state index in [0.717, 1.165) is 141 Å². The molecule has 84 heavy (non-hydrogen) atoms. The Hall–Kier alpha value is -5.67. The first kappa shape index (κ1) is 78.3. The second kappa shape index (κ2) is 61.9. The Bertz CT molecular complexity index is 2210. The summed E-state index contributed by atoms with van der Waals surface area (Å²) in [6, 6.07) is 0. The van der Waals surface area contributed by atoms with Gasteiger partial charge >= 0.3 is 19.8 Å². The van der Waals surface area contributed by atoms with Gasteiger partial charge in [0.15, 0.2) is 6.10 Å². The van der Waals surface area contributed by atoms with E-state index < -0.39 is 32.5 Å². The third-order valence-corrected chi connectivity index (χ3v) is 13.0. The minimum Gasteiger partial charge on any atom is -0.462 e. The smallest absolute Gasteiger partial charge is 0.462 e. The Kier molecular flexibility index (Phi) is 57.7. The maximum absolute atomic E-state index is 12.8. The molecule has 9 nitrogen and oxygen atoms in total. The van der Waals surface area contributed by atoms with Crippen LogP contribution in [0.1, 0.15) is 181 Å². The molecular weight excluding hydrogens is 1060 g/mol. The van der Waals surface area contributed by atoms with E-state index in [9.17, 15) is 19.0 Å². The van der Waals surface area contributed by atoms with Gasteiger partial charge in [0.05, 0.1) is 27.7 Å². The molecular formula is C74H113NO8P+. The van der Waals surface area contributed by atoms with Gasteiger partial charge in [0.2, 0.25) is 0 Å². The van der Waals surface area contributed by atoms with Crippen molar-refractivity contribution in [1.82, 2.24) is 0 Å². The van der Waals surface area contributed by atoms with E-state index in [1.807, 2.05) is 21.1 Å². The number of esters is 2. The van der Waals surface area contributed by atoms with Crippen LogP contribution < -0.4 is 0 Å². The summed E-state index contributed by atoms with van der Waals surface area (Å²) < 4.78 is 34.5. The lowest BCUT2D eigenvalue weighted by atomic mass is 10.1. The lowest BCUT2D eigenvalue weighted by Gasteiger charge is -2.24. The van der Waals surface area contributed by atoms with Crippen LogP contribution in [0.5, 0.6) is 0 Å². The fraction of sp³-hybridized carbons (Fsp3) is 0.486. The number of phosphoric acid groups is 1. The molecule has 0 aromatic carbocycles. The summed E-state index contributed by atoms with van der Waals surface area (Å²) in [6.07, 6.45) is 100. The van der Waals surface area contributed by atoms with Crippen LogP contribution >= 0.6 is 7.82 Å². The van der Waals surface area contributed by atoms with E-state index >= 15 is 0 Å². The topological polar surface area (TPSA) is 108 Å². The molecule has 466 valence electrons. The van der Waals surface area contributed by atoms with Crippen molar-refractivity contribution in [2.45, 2.75) is 187 Å². The number of hydrogen-bond acceptors (Lipinski definition) is 7. The van der Waals surface area contributed by atoms with Gasteiger partial charge in [-0.3, -0.25) is 18.6 Å². The quantitative estimate of drug-likeness (QED) is 0.0211. The lowest BCUT2D eigenvalue weighted by molar-refractivity contribution is -0.870. The van der Waals surface area contributed by atoms with Crippen LogP contribution in [0.3, 0.4) is 0 Å². The molecule has 0 amide bonds. The molecule has 0 aliphatic heterocycles. The van der Waals surface area contributed by atoms with Crippen molar-refractivity contribution in [2.24, 2.45) is 0 Å². The molecule has 10 heteroatoms. The third-order valence-electron chi connectivity index (χ3n) is 12.0. The number of hydrogen-bond donors (Lipinski definition) is 1. The monoisotopic (exact) mass is 1170 g/mol. The first-order chi connectivity index (χ1) is 41.0. The molecule has 0 rings (SSSR count). The zero-order valence-corrected chi connectivity index (χ0v) is 53.7. The minimum absolute atomic E-state index is 0.00148. The number of rotatable bonds is 54. The summed E-state index contributed by atoms with van der Waals surface area (Å²) in [5.41, 5.74) is 0. The summed E-state index contributed by atoms with van der Waals surface area (Å²) in [6.45, 7) is 4.05. The number of allylic oxidation sites excluding steroid dienone is 36. The summed E-state index contributed by atoms with van der Waals surface area (Å²) in [7, 11) is 1.38. The van der Waals surface area contributed by atoms with Gasteiger partial charge in [-0.2, -0.15) is 0 Å². The Labute approximate surface area is 512 Å². The van der Waals surface area contributed by atoms with E-state index in [2.05, 4.69) is 233 Å². The molecule has 0 spiro atoms. The maximum atomic E-state index is 12.8. The van der Waals surface area contributed by atoms with Crippen LogP contribution in [0.15, 0.2) is 219 Å². The second-order valence-corrected chi connectivity index (χ2v) is 22.4. The molecule has 0 aromatic rings. The summed E-state index contributed by atoms with van der Waals surface area (Å²) in [5, 5.41) is 0. The average molecular weight is 1180 g/mol. The van der Waals surface area contributed by atoms with Crippen molar-refractivity contribution in [3.63, 3.8) is 0 Å². The molecule has 0 fully saturated rings. The summed E-state index contributed by atoms with van der Waals surface area (Å²) in [4.78, 5) is 35.7. The van der Waals surface area contributed by atoms with Gasteiger partial charge in [-0.05, 0) is 154 Å². The van der Waals surface area contributed by atoms with E-state index in [1.54, 1.807) is 0 Å². The maximum Gasteiger partial charge on any atom is 0.472 e. The third kappa shape index (κ3) is 65.5. The molecule has 1 N–H and O–H groups in total. The fourth-order valence-electron chi connectivity index (χ4n) is 7.23. The van der Waals surface area contributed by atoms with Crippen LogP contribution in [0, 0.1) is 0 Å². The van der Waals surface area contributed by atoms with Gasteiger partial charge < -0.3 is 18.9 Å². The predicted molar refractivity (Wildman–Crippen MR) is 361 cm³/mol. The van der Waals surface area contributed by atoms with Gasteiger partial charge in [-0.25, -0.2) is 4.57 Å². The number of nitrogens with zero attached hydrogens (tertiary/aromatic N) is 1. The number of quaternary nitrogens is 1. The van der Waals surface area contributed by atoms with Crippen LogP contribution in [-0.2, 0) is 32.7 Å². The Morgan fingerprint density at radius 3 is 0.905 bits per heavy atom. The molecule has 2 unspecified atom stereocenters. The Balaban J connectivity index is 4.39. The number of likely N-dealkylation sites (N-methyl/N-ethyl adjacent to an activating group) is 1. The molecule has 0 saturated heterocycles. The van der Waals surface area contributed by atoms with Gasteiger partial charge in [0.1, 0.15) is 19.8 Å². The molecule has 0 aliphatic carbocycles. The van der Waals surface area contributed by atoms with Crippen LogP contribution in [0.25, 0.3) is 0 Å². The zero-order valence-electron chi connectivity index (χ0n) is 52.8. The molecule has 2 atom stereocenters. The van der Waals surface area contributed by atoms with Crippen molar-refractivity contribution >= 4 is 19.8 Å². The van der Waals surface area contributed by atoms with Crippen LogP contribution in [0.2, 0.25) is 0 Å². The largest absolute Gasteiger partial charge is 0.472 e. The first-order valence-corrected chi connectivity index (χ1v) is 33.0. The van der Waals surface area contributed by atoms with E-state index in [-0.39, 0.29) is 26.1 Å². The molecule has 0 saturated carbocycles. The summed E-state index contributed by atoms with van der Waals surface area (Å²) in [5.74, 6) is -0.924. The van der Waals surface area contributed by atoms with E-state index in [4.69, 9.17) is 18.5 Å². The fourth-order valence-corrected chi connectivity index (χ4v) is 7.97. The van der Waals surface area contributed by atoms with Crippen LogP contribution in [0.4, 0.5) is 0 Å². The highest BCUT2D eigenvalue weighted by Gasteiger charge is 2.27. The standard InChI is InChI=1S/C74H112NO8P/c1-6-8-10-12-14-16-18-20-22-24-26-28-30-32-34-35-36-37-38-39-41-43-45-47-49-51-53-55-57-59-61-63-65-67-74(77)83-72(71-82-84(78,79)81-69-68-75(3,4)5)70-80-73(76)66-64-62-60-58-56-54-52-50-48-46-44-42-40-33-31-29-27-25-23-21-19-17-15-13-11-9-7-2/h8-11,14-17,20-23,26-29,32-34,36-37,39-41,44-47,50-53,56-59,72H,6-7,12-13,18-19,24-25,30-31,35,38,42-43,48-49,54-55,60-71H2,1-5H3/p+1/b10-8-,11-9-,16-14-,17-15-,22-20-,23-21-,28-26-,29-27-,34-32-,37-36-,40-33-,41-39-,46-44-,47-45-,52-50-,53-51-,58-56-,59-57-. The second-order valence-electron chi connectivity index (χ2n) is 21.0. The highest BCUT2D eigenvalue weighted by molar-refractivity contribution is 7.47. The molecule has 0 heterocycles. The van der Waals surface area contributed by atoms with Crippen molar-refractivity contribution < 1.29 is 42.1 Å². The molecule has 0 radical (unpaired) electrons. The number of ether oxygens (including phenoxy) is 2. The average Bonchev–Trinajstić information content (AvgIpc) is 3.61. The molecule has 0 aliphatic rings. The summed E-state index contributed by atoms with van der Waals surface area (Å²) >= 11 is 0. The Morgan fingerprint density at radius 2 is 0.631 bits per heavy atom. The van der Waals surface area contributed by atoms with Crippen molar-refractivity contribution in [3.05, 3.63) is 219 Å². The van der Waals surface area contributed by atoms with Crippen molar-refractivity contribution in [1.29, 1.82) is 0 Å². The predicted octanol–water partition coefficient (Wildman–Crippen LogP) is 20.5. The van der Waals surface area contributed by atoms with Gasteiger partial charge in [0.25, 0.3) is 0 Å². The molecule has 0 bridgehead atoms. The zero-order chi connectivity index (χ0) is 61.2. The Morgan fingerprint density at radius 1 is 0.369 bits per heavy atom. The molecule has 0 aromatic heterocycles. The number of unbranched alkanes of at least 4 members (excludes halogenated alkanes) is 4. The first-order valence-electron chi connectivity index (χ1n) is 31.5. The highest BCUT2D eigenvalue weighted by Crippen LogP contribution is 2.43. The van der Waals surface area contributed by atoms with Gasteiger partial charge in [-0.15, -0.1) is 0 Å². The van der Waals surface area contributed by atoms with E-state index in [1.165, 1.54) is 0 Å². The minimum atomic E-state index is -4.43. The lowest BCUT2D eigenvalue weighted by Crippen LogP contribution is -2.37. The number of carbonyl (C=O) groups is 2. The highest BCUT2D eigenvalue weighted by atomic mass is 31.2. The normalized spacial score (nSPS) is 14.7. The van der Waals surface area contributed by atoms with E-state index in [0.29, 0.717) is 23.9 Å². The van der Waals surface area contributed by atoms with Gasteiger partial charge in [-0.1, -0.05) is 233 Å². The van der Waals surface area contributed by atoms with Crippen molar-refractivity contribution in [3.8, 4) is 0 Å². The van der Waals surface area contributed by atoms with Crippen LogP contribution in [-0.4, -0.2) is 74.9 Å².